The molecule has 1 saturated carbocycles. The van der Waals surface area contributed by atoms with Crippen molar-refractivity contribution in [2.24, 2.45) is 0 Å². The van der Waals surface area contributed by atoms with Gasteiger partial charge < -0.3 is 4.98 Å². The predicted molar refractivity (Wildman–Crippen MR) is 90.1 cm³/mol. The number of rotatable bonds is 4. The zero-order valence-corrected chi connectivity index (χ0v) is 14.5. The summed E-state index contributed by atoms with van der Waals surface area (Å²) in [5.41, 5.74) is 1.19. The average Bonchev–Trinajstić information content (AvgIpc) is 3.26. The Morgan fingerprint density at radius 3 is 2.85 bits per heavy atom. The summed E-state index contributed by atoms with van der Waals surface area (Å²) in [5, 5.41) is 0.774. The number of aromatic amines is 1. The monoisotopic (exact) mass is 386 g/mol. The molecule has 1 fully saturated rings. The van der Waals surface area contributed by atoms with Crippen LogP contribution in [0.1, 0.15) is 30.3 Å². The van der Waals surface area contributed by atoms with Gasteiger partial charge in [-0.05, 0) is 40.9 Å². The van der Waals surface area contributed by atoms with Crippen LogP contribution < -0.4 is 0 Å². The Balaban J connectivity index is 1.81. The highest BCUT2D eigenvalue weighted by molar-refractivity contribution is 9.10. The maximum atomic E-state index is 6.16. The van der Waals surface area contributed by atoms with E-state index in [1.165, 1.54) is 18.5 Å². The molecule has 0 atom stereocenters. The molecule has 20 heavy (non-hydrogen) atoms. The molecule has 2 nitrogen and oxygen atoms in total. The fraction of sp³-hybridized carbons (Fsp3) is 0.286. The van der Waals surface area contributed by atoms with Crippen molar-refractivity contribution in [2.75, 3.05) is 0 Å². The molecule has 104 valence electrons. The molecule has 1 heterocycles. The van der Waals surface area contributed by atoms with E-state index in [9.17, 15) is 0 Å². The predicted octanol–water partition coefficient (Wildman–Crippen LogP) is 5.72. The zero-order chi connectivity index (χ0) is 14.1. The van der Waals surface area contributed by atoms with Gasteiger partial charge in [-0.3, -0.25) is 0 Å². The maximum absolute atomic E-state index is 6.16. The van der Waals surface area contributed by atoms with E-state index in [1.807, 2.05) is 24.3 Å². The van der Waals surface area contributed by atoms with Crippen LogP contribution in [0.2, 0.25) is 5.02 Å². The third-order valence-electron chi connectivity index (χ3n) is 3.13. The molecule has 0 bridgehead atoms. The molecule has 0 amide bonds. The fourth-order valence-corrected chi connectivity index (χ4v) is 3.80. The minimum absolute atomic E-state index is 0.609. The summed E-state index contributed by atoms with van der Waals surface area (Å²) >= 11 is 16.7. The second-order valence-electron chi connectivity index (χ2n) is 4.71. The first-order valence-electron chi connectivity index (χ1n) is 6.31. The standard InChI is InChI=1S/C14H12BrClN2S2/c15-12-13(8-5-6-8)17-11(18-14(12)19)7-20-10-4-2-1-3-9(10)16/h1-4,8H,5-7H2,(H,17,18,19). The van der Waals surface area contributed by atoms with Crippen molar-refractivity contribution in [3.05, 3.63) is 49.9 Å². The maximum Gasteiger partial charge on any atom is 0.144 e. The smallest absolute Gasteiger partial charge is 0.144 e. The SMILES string of the molecule is S=c1nc(CSc2ccccc2Cl)[nH]c(C2CC2)c1Br. The van der Waals surface area contributed by atoms with Gasteiger partial charge in [-0.2, -0.15) is 0 Å². The number of nitrogens with zero attached hydrogens (tertiary/aromatic N) is 1. The molecule has 0 spiro atoms. The lowest BCUT2D eigenvalue weighted by molar-refractivity contribution is 0.912. The summed E-state index contributed by atoms with van der Waals surface area (Å²) in [6, 6.07) is 7.84. The number of nitrogens with one attached hydrogen (secondary N) is 1. The molecule has 1 N–H and O–H groups in total. The summed E-state index contributed by atoms with van der Waals surface area (Å²) in [5.74, 6) is 2.25. The zero-order valence-electron chi connectivity index (χ0n) is 10.5. The molecule has 2 aromatic rings. The van der Waals surface area contributed by atoms with Crippen molar-refractivity contribution in [3.8, 4) is 0 Å². The van der Waals surface area contributed by atoms with Crippen LogP contribution in [-0.4, -0.2) is 9.97 Å². The molecular weight excluding hydrogens is 376 g/mol. The van der Waals surface area contributed by atoms with Crippen LogP contribution in [0, 0.1) is 4.64 Å². The lowest BCUT2D eigenvalue weighted by Crippen LogP contribution is -1.99. The van der Waals surface area contributed by atoms with Gasteiger partial charge in [-0.25, -0.2) is 4.98 Å². The number of hydrogen-bond donors (Lipinski definition) is 1. The van der Waals surface area contributed by atoms with Gasteiger partial charge in [0.1, 0.15) is 10.5 Å². The molecule has 0 radical (unpaired) electrons. The van der Waals surface area contributed by atoms with E-state index < -0.39 is 0 Å². The molecule has 0 aliphatic heterocycles. The molecule has 1 aliphatic rings. The van der Waals surface area contributed by atoms with Gasteiger partial charge in [-0.1, -0.05) is 36.0 Å². The Bertz CT molecular complexity index is 698. The highest BCUT2D eigenvalue weighted by Crippen LogP contribution is 2.42. The van der Waals surface area contributed by atoms with E-state index in [4.69, 9.17) is 23.8 Å². The summed E-state index contributed by atoms with van der Waals surface area (Å²) in [7, 11) is 0. The first-order chi connectivity index (χ1) is 9.65. The van der Waals surface area contributed by atoms with Crippen LogP contribution in [0.3, 0.4) is 0 Å². The molecule has 6 heteroatoms. The van der Waals surface area contributed by atoms with Crippen molar-refractivity contribution in [2.45, 2.75) is 29.4 Å². The number of aromatic nitrogens is 2. The van der Waals surface area contributed by atoms with E-state index in [1.54, 1.807) is 11.8 Å². The summed E-state index contributed by atoms with van der Waals surface area (Å²) in [4.78, 5) is 8.91. The van der Waals surface area contributed by atoms with Crippen LogP contribution in [0.15, 0.2) is 33.6 Å². The number of halogens is 2. The summed E-state index contributed by atoms with van der Waals surface area (Å²) in [6.07, 6.45) is 2.45. The number of H-pyrrole nitrogens is 1. The van der Waals surface area contributed by atoms with Crippen LogP contribution in [0.4, 0.5) is 0 Å². The van der Waals surface area contributed by atoms with E-state index in [0.29, 0.717) is 10.6 Å². The van der Waals surface area contributed by atoms with E-state index in [-0.39, 0.29) is 0 Å². The lowest BCUT2D eigenvalue weighted by atomic mass is 10.3. The highest BCUT2D eigenvalue weighted by atomic mass is 79.9. The van der Waals surface area contributed by atoms with Crippen molar-refractivity contribution in [1.29, 1.82) is 0 Å². The largest absolute Gasteiger partial charge is 0.345 e. The van der Waals surface area contributed by atoms with E-state index in [2.05, 4.69) is 25.9 Å². The molecular formula is C14H12BrClN2S2. The molecule has 1 aromatic carbocycles. The molecule has 0 saturated heterocycles. The summed E-state index contributed by atoms with van der Waals surface area (Å²) in [6.45, 7) is 0. The second kappa shape index (κ2) is 6.18. The normalized spacial score (nSPS) is 14.5. The average molecular weight is 388 g/mol. The molecule has 1 aromatic heterocycles. The van der Waals surface area contributed by atoms with Crippen molar-refractivity contribution in [3.63, 3.8) is 0 Å². The first kappa shape index (κ1) is 14.6. The van der Waals surface area contributed by atoms with E-state index >= 15 is 0 Å². The number of thioether (sulfide) groups is 1. The number of hydrogen-bond acceptors (Lipinski definition) is 3. The van der Waals surface area contributed by atoms with Crippen molar-refractivity contribution >= 4 is 51.5 Å². The molecule has 3 rings (SSSR count). The minimum atomic E-state index is 0.609. The Morgan fingerprint density at radius 2 is 2.15 bits per heavy atom. The topological polar surface area (TPSA) is 28.7 Å². The van der Waals surface area contributed by atoms with Gasteiger partial charge in [0, 0.05) is 16.5 Å². The Labute approximate surface area is 140 Å². The summed E-state index contributed by atoms with van der Waals surface area (Å²) < 4.78 is 1.59. The quantitative estimate of drug-likeness (QED) is 0.537. The Kier molecular flexibility index (Phi) is 4.50. The van der Waals surface area contributed by atoms with Crippen LogP contribution in [0.25, 0.3) is 0 Å². The van der Waals surface area contributed by atoms with Crippen LogP contribution in [0.5, 0.6) is 0 Å². The van der Waals surface area contributed by atoms with Crippen LogP contribution >= 0.6 is 51.5 Å². The lowest BCUT2D eigenvalue weighted by Gasteiger charge is -2.08. The van der Waals surface area contributed by atoms with Crippen molar-refractivity contribution < 1.29 is 0 Å². The van der Waals surface area contributed by atoms with Gasteiger partial charge >= 0.3 is 0 Å². The third-order valence-corrected chi connectivity index (χ3v) is 6.01. The van der Waals surface area contributed by atoms with Crippen molar-refractivity contribution in [1.82, 2.24) is 9.97 Å². The van der Waals surface area contributed by atoms with Gasteiger partial charge in [0.05, 0.1) is 15.2 Å². The minimum Gasteiger partial charge on any atom is -0.345 e. The van der Waals surface area contributed by atoms with E-state index in [0.717, 1.165) is 26.0 Å². The second-order valence-corrected chi connectivity index (χ2v) is 7.31. The molecule has 0 unspecified atom stereocenters. The number of benzene rings is 1. The Morgan fingerprint density at radius 1 is 1.40 bits per heavy atom. The van der Waals surface area contributed by atoms with Gasteiger partial charge in [-0.15, -0.1) is 11.8 Å². The van der Waals surface area contributed by atoms with Crippen LogP contribution in [-0.2, 0) is 5.75 Å². The highest BCUT2D eigenvalue weighted by Gasteiger charge is 2.27. The first-order valence-corrected chi connectivity index (χ1v) is 8.87. The Hall–Kier alpha value is -0.360. The molecule has 1 aliphatic carbocycles. The third kappa shape index (κ3) is 3.27. The van der Waals surface area contributed by atoms with Gasteiger partial charge in [0.25, 0.3) is 0 Å². The fourth-order valence-electron chi connectivity index (χ4n) is 1.95. The van der Waals surface area contributed by atoms with Gasteiger partial charge in [0.15, 0.2) is 0 Å². The van der Waals surface area contributed by atoms with Gasteiger partial charge in [0.2, 0.25) is 0 Å².